The summed E-state index contributed by atoms with van der Waals surface area (Å²) in [5.74, 6) is 0.984. The zero-order chi connectivity index (χ0) is 9.80. The number of rotatable bonds is 2. The van der Waals surface area contributed by atoms with Crippen molar-refractivity contribution in [3.05, 3.63) is 42.5 Å². The summed E-state index contributed by atoms with van der Waals surface area (Å²) in [4.78, 5) is 11.1. The lowest BCUT2D eigenvalue weighted by Crippen LogP contribution is -2.22. The van der Waals surface area contributed by atoms with Crippen LogP contribution in [-0.4, -0.2) is 11.9 Å². The fraction of sp³-hybridized carbons (Fsp3) is 0.250. The molecule has 0 fully saturated rings. The van der Waals surface area contributed by atoms with Gasteiger partial charge in [-0.3, -0.25) is 4.79 Å². The number of hydrogen-bond acceptors (Lipinski definition) is 2. The smallest absolute Gasteiger partial charge is 0.159 e. The van der Waals surface area contributed by atoms with Crippen LogP contribution in [0.15, 0.2) is 42.5 Å². The lowest BCUT2D eigenvalue weighted by molar-refractivity contribution is -0.116. The van der Waals surface area contributed by atoms with Gasteiger partial charge in [-0.1, -0.05) is 24.3 Å². The Balaban J connectivity index is 1.99. The van der Waals surface area contributed by atoms with Gasteiger partial charge in [-0.25, -0.2) is 0 Å². The number of ketones is 1. The summed E-state index contributed by atoms with van der Waals surface area (Å²) >= 11 is 0. The molecule has 0 amide bonds. The van der Waals surface area contributed by atoms with E-state index in [1.54, 1.807) is 6.08 Å². The van der Waals surface area contributed by atoms with Gasteiger partial charge < -0.3 is 4.74 Å². The molecule has 0 saturated heterocycles. The first kappa shape index (κ1) is 9.00. The van der Waals surface area contributed by atoms with E-state index in [0.717, 1.165) is 12.2 Å². The van der Waals surface area contributed by atoms with Crippen LogP contribution < -0.4 is 4.74 Å². The first-order valence-corrected chi connectivity index (χ1v) is 4.75. The highest BCUT2D eigenvalue weighted by molar-refractivity contribution is 5.90. The summed E-state index contributed by atoms with van der Waals surface area (Å²) in [6.45, 7) is 0. The molecule has 1 atom stereocenters. The Hall–Kier alpha value is -1.57. The fourth-order valence-electron chi connectivity index (χ4n) is 1.51. The number of para-hydroxylation sites is 1. The van der Waals surface area contributed by atoms with Gasteiger partial charge in [0.2, 0.25) is 0 Å². The largest absolute Gasteiger partial charge is 0.490 e. The maximum Gasteiger partial charge on any atom is 0.159 e. The number of allylic oxidation sites excluding steroid dienone is 1. The number of carbonyl (C=O) groups is 1. The van der Waals surface area contributed by atoms with E-state index < -0.39 is 0 Å². The molecule has 0 bridgehead atoms. The summed E-state index contributed by atoms with van der Waals surface area (Å²) in [5, 5.41) is 0. The second kappa shape index (κ2) is 4.09. The Bertz CT molecular complexity index is 341. The van der Waals surface area contributed by atoms with Gasteiger partial charge in [0.1, 0.15) is 11.9 Å². The molecule has 1 aliphatic rings. The first-order valence-electron chi connectivity index (χ1n) is 4.75. The van der Waals surface area contributed by atoms with Crippen molar-refractivity contribution in [2.75, 3.05) is 0 Å². The molecule has 14 heavy (non-hydrogen) atoms. The minimum absolute atomic E-state index is 0.00917. The molecule has 0 spiro atoms. The third kappa shape index (κ3) is 2.22. The van der Waals surface area contributed by atoms with E-state index in [1.165, 1.54) is 0 Å². The lowest BCUT2D eigenvalue weighted by atomic mass is 10.0. The number of ether oxygens (including phenoxy) is 1. The molecule has 0 N–H and O–H groups in total. The molecule has 0 saturated carbocycles. The van der Waals surface area contributed by atoms with Crippen LogP contribution in [0.25, 0.3) is 0 Å². The topological polar surface area (TPSA) is 26.3 Å². The Morgan fingerprint density at radius 1 is 1.21 bits per heavy atom. The highest BCUT2D eigenvalue weighted by Crippen LogP contribution is 2.17. The molecule has 0 heterocycles. The standard InChI is InChI=1S/C12H12O2/c13-10-5-4-8-12(9-10)14-11-6-2-1-3-7-11/h1-7,12H,8-9H2. The van der Waals surface area contributed by atoms with Gasteiger partial charge in [0, 0.05) is 12.8 Å². The molecule has 0 aromatic heterocycles. The monoisotopic (exact) mass is 188 g/mol. The van der Waals surface area contributed by atoms with Crippen LogP contribution in [0.5, 0.6) is 5.75 Å². The lowest BCUT2D eigenvalue weighted by Gasteiger charge is -2.18. The number of benzene rings is 1. The molecule has 0 aliphatic heterocycles. The zero-order valence-corrected chi connectivity index (χ0v) is 7.85. The Morgan fingerprint density at radius 2 is 2.00 bits per heavy atom. The Morgan fingerprint density at radius 3 is 2.71 bits per heavy atom. The molecular weight excluding hydrogens is 176 g/mol. The minimum Gasteiger partial charge on any atom is -0.490 e. The summed E-state index contributed by atoms with van der Waals surface area (Å²) < 4.78 is 5.65. The van der Waals surface area contributed by atoms with Gasteiger partial charge in [-0.05, 0) is 18.2 Å². The third-order valence-corrected chi connectivity index (χ3v) is 2.18. The summed E-state index contributed by atoms with van der Waals surface area (Å²) in [6.07, 6.45) is 4.82. The average molecular weight is 188 g/mol. The highest BCUT2D eigenvalue weighted by atomic mass is 16.5. The van der Waals surface area contributed by atoms with Gasteiger partial charge in [0.15, 0.2) is 5.78 Å². The first-order chi connectivity index (χ1) is 6.84. The average Bonchev–Trinajstić information content (AvgIpc) is 2.19. The molecule has 1 unspecified atom stereocenters. The second-order valence-corrected chi connectivity index (χ2v) is 3.36. The maximum absolute atomic E-state index is 11.1. The summed E-state index contributed by atoms with van der Waals surface area (Å²) in [5.41, 5.74) is 0. The van der Waals surface area contributed by atoms with Gasteiger partial charge in [-0.15, -0.1) is 0 Å². The predicted molar refractivity (Wildman–Crippen MR) is 54.2 cm³/mol. The van der Waals surface area contributed by atoms with Crippen LogP contribution in [0, 0.1) is 0 Å². The maximum atomic E-state index is 11.1. The Labute approximate surface area is 83.2 Å². The molecular formula is C12H12O2. The molecule has 0 radical (unpaired) electrons. The van der Waals surface area contributed by atoms with E-state index in [-0.39, 0.29) is 11.9 Å². The molecule has 1 aliphatic carbocycles. The van der Waals surface area contributed by atoms with Crippen molar-refractivity contribution in [1.82, 2.24) is 0 Å². The van der Waals surface area contributed by atoms with Crippen LogP contribution >= 0.6 is 0 Å². The van der Waals surface area contributed by atoms with Crippen molar-refractivity contribution in [2.24, 2.45) is 0 Å². The number of carbonyl (C=O) groups excluding carboxylic acids is 1. The van der Waals surface area contributed by atoms with E-state index in [1.807, 2.05) is 36.4 Å². The molecule has 72 valence electrons. The summed E-state index contributed by atoms with van der Waals surface area (Å²) in [7, 11) is 0. The van der Waals surface area contributed by atoms with Crippen molar-refractivity contribution in [1.29, 1.82) is 0 Å². The van der Waals surface area contributed by atoms with Gasteiger partial charge >= 0.3 is 0 Å². The minimum atomic E-state index is 0.00917. The van der Waals surface area contributed by atoms with E-state index in [0.29, 0.717) is 6.42 Å². The van der Waals surface area contributed by atoms with Crippen LogP contribution in [-0.2, 0) is 4.79 Å². The van der Waals surface area contributed by atoms with Crippen molar-refractivity contribution in [2.45, 2.75) is 18.9 Å². The van der Waals surface area contributed by atoms with Crippen LogP contribution in [0.2, 0.25) is 0 Å². The van der Waals surface area contributed by atoms with Crippen LogP contribution in [0.1, 0.15) is 12.8 Å². The Kier molecular flexibility index (Phi) is 2.63. The molecule has 2 nitrogen and oxygen atoms in total. The van der Waals surface area contributed by atoms with Crippen molar-refractivity contribution in [3.63, 3.8) is 0 Å². The van der Waals surface area contributed by atoms with Crippen molar-refractivity contribution in [3.8, 4) is 5.75 Å². The van der Waals surface area contributed by atoms with E-state index in [9.17, 15) is 4.79 Å². The highest BCUT2D eigenvalue weighted by Gasteiger charge is 2.16. The SMILES string of the molecule is O=C1C=CCC(Oc2ccccc2)C1. The van der Waals surface area contributed by atoms with E-state index in [4.69, 9.17) is 4.74 Å². The van der Waals surface area contributed by atoms with Gasteiger partial charge in [0.25, 0.3) is 0 Å². The summed E-state index contributed by atoms with van der Waals surface area (Å²) in [6, 6.07) is 9.61. The predicted octanol–water partition coefficient (Wildman–Crippen LogP) is 2.35. The second-order valence-electron chi connectivity index (χ2n) is 3.36. The van der Waals surface area contributed by atoms with E-state index in [2.05, 4.69) is 0 Å². The third-order valence-electron chi connectivity index (χ3n) is 2.18. The fourth-order valence-corrected chi connectivity index (χ4v) is 1.51. The van der Waals surface area contributed by atoms with Crippen molar-refractivity contribution >= 4 is 5.78 Å². The normalized spacial score (nSPS) is 20.9. The number of hydrogen-bond donors (Lipinski definition) is 0. The molecule has 2 heteroatoms. The van der Waals surface area contributed by atoms with Crippen LogP contribution in [0.4, 0.5) is 0 Å². The van der Waals surface area contributed by atoms with E-state index >= 15 is 0 Å². The van der Waals surface area contributed by atoms with Crippen LogP contribution in [0.3, 0.4) is 0 Å². The molecule has 1 aromatic carbocycles. The van der Waals surface area contributed by atoms with Gasteiger partial charge in [0.05, 0.1) is 0 Å². The van der Waals surface area contributed by atoms with Crippen molar-refractivity contribution < 1.29 is 9.53 Å². The zero-order valence-electron chi connectivity index (χ0n) is 7.85. The van der Waals surface area contributed by atoms with Gasteiger partial charge in [-0.2, -0.15) is 0 Å². The quantitative estimate of drug-likeness (QED) is 0.712. The molecule has 1 aromatic rings. The molecule has 2 rings (SSSR count).